The van der Waals surface area contributed by atoms with Gasteiger partial charge in [-0.1, -0.05) is 0 Å². The first-order valence-corrected chi connectivity index (χ1v) is 24.9. The van der Waals surface area contributed by atoms with Gasteiger partial charge in [0.25, 0.3) is 46.4 Å². The third-order valence-electron chi connectivity index (χ3n) is 9.60. The van der Waals surface area contributed by atoms with Gasteiger partial charge in [0.15, 0.2) is 11.5 Å². The summed E-state index contributed by atoms with van der Waals surface area (Å²) in [4.78, 5) is 21.6. The van der Waals surface area contributed by atoms with Gasteiger partial charge >= 0.3 is 5.97 Å². The molecule has 32 heteroatoms. The number of phenols is 1. The monoisotopic (exact) mass is 1050 g/mol. The Morgan fingerprint density at radius 2 is 1.19 bits per heavy atom. The smallest absolute Gasteiger partial charge is 0.355 e. The van der Waals surface area contributed by atoms with E-state index >= 15 is 0 Å². The lowest BCUT2D eigenvalue weighted by Gasteiger charge is -2.14. The lowest BCUT2D eigenvalue weighted by atomic mass is 10.1. The number of carboxylic acid groups (broad SMARTS) is 1. The van der Waals surface area contributed by atoms with Crippen molar-refractivity contribution in [1.82, 2.24) is 0 Å². The zero-order chi connectivity index (χ0) is 51.7. The van der Waals surface area contributed by atoms with E-state index in [4.69, 9.17) is 9.47 Å². The molecule has 0 saturated carbocycles. The number of carboxylic acids is 1. The molecule has 1 amide bonds. The van der Waals surface area contributed by atoms with Gasteiger partial charge in [-0.15, -0.1) is 20.5 Å². The van der Waals surface area contributed by atoms with Crippen LogP contribution in [0, 0.1) is 13.8 Å². The fourth-order valence-corrected chi connectivity index (χ4v) is 8.94. The van der Waals surface area contributed by atoms with Crippen LogP contribution in [0.2, 0.25) is 0 Å². The van der Waals surface area contributed by atoms with Gasteiger partial charge in [-0.05, 0) is 79.6 Å². The lowest BCUT2D eigenvalue weighted by molar-refractivity contribution is -0.130. The van der Waals surface area contributed by atoms with E-state index in [0.717, 1.165) is 54.6 Å². The van der Waals surface area contributed by atoms with E-state index < -0.39 is 138 Å². The molecule has 70 heavy (non-hydrogen) atoms. The van der Waals surface area contributed by atoms with Gasteiger partial charge in [-0.2, -0.15) is 54.0 Å². The Kier molecular flexibility index (Phi) is 14.9. The number of carbonyl (C=O) groups is 2. The molecule has 0 saturated heterocycles. The number of carbonyl (C=O) groups excluding carboxylic acids is 1. The maximum atomic E-state index is 13.4. The summed E-state index contributed by atoms with van der Waals surface area (Å²) >= 11 is 0. The van der Waals surface area contributed by atoms with E-state index in [2.05, 4.69) is 35.8 Å². The molecule has 0 fully saturated rings. The number of phenolic OH excluding ortho intramolecular Hbond substituents is 1. The first-order chi connectivity index (χ1) is 32.6. The number of aryl methyl sites for hydroxylation is 2. The topological polar surface area (TPSA) is 441 Å². The van der Waals surface area contributed by atoms with Gasteiger partial charge in [-0.25, -0.2) is 4.79 Å². The summed E-state index contributed by atoms with van der Waals surface area (Å²) in [5.74, 6) is -4.82. The van der Waals surface area contributed by atoms with Crippen LogP contribution in [0.15, 0.2) is 122 Å². The Labute approximate surface area is 394 Å². The van der Waals surface area contributed by atoms with Crippen molar-refractivity contribution in [2.75, 3.05) is 31.4 Å². The van der Waals surface area contributed by atoms with Crippen molar-refractivity contribution in [3.05, 3.63) is 77.9 Å². The summed E-state index contributed by atoms with van der Waals surface area (Å²) in [5.41, 5.74) is -3.01. The molecule has 1 unspecified atom stereocenters. The fourth-order valence-electron chi connectivity index (χ4n) is 6.31. The molecule has 28 nitrogen and oxygen atoms in total. The van der Waals surface area contributed by atoms with Crippen LogP contribution in [0.4, 0.5) is 34.1 Å². The molecule has 0 bridgehead atoms. The maximum Gasteiger partial charge on any atom is 0.355 e. The zero-order valence-corrected chi connectivity index (χ0v) is 38.7. The largest absolute Gasteiger partial charge is 0.505 e. The number of aliphatic hydroxyl groups excluding tert-OH is 2. The Balaban J connectivity index is 1.46. The average molecular weight is 1050 g/mol. The second kappa shape index (κ2) is 20.0. The predicted molar refractivity (Wildman–Crippen MR) is 238 cm³/mol. The summed E-state index contributed by atoms with van der Waals surface area (Å²) in [6.07, 6.45) is 0. The molecule has 0 aromatic heterocycles. The minimum absolute atomic E-state index is 0.213. The number of fused-ring (bicyclic) bond motifs is 1. The molecule has 370 valence electrons. The molecule has 6 rings (SSSR count). The minimum Gasteiger partial charge on any atom is -0.505 e. The quantitative estimate of drug-likeness (QED) is 0.0437. The molecule has 1 atom stereocenters. The maximum absolute atomic E-state index is 13.4. The van der Waals surface area contributed by atoms with Crippen LogP contribution in [-0.2, 0) is 50.1 Å². The third-order valence-corrected chi connectivity index (χ3v) is 13.2. The molecular formula is C38H34N8O20S4. The molecule has 1 heterocycles. The van der Waals surface area contributed by atoms with Crippen LogP contribution in [0.3, 0.4) is 0 Å². The van der Waals surface area contributed by atoms with Gasteiger partial charge in [0, 0.05) is 22.9 Å². The van der Waals surface area contributed by atoms with Crippen molar-refractivity contribution < 1.29 is 91.4 Å². The van der Waals surface area contributed by atoms with Crippen molar-refractivity contribution in [3.63, 3.8) is 0 Å². The molecule has 0 radical (unpaired) electrons. The van der Waals surface area contributed by atoms with Gasteiger partial charge in [0.1, 0.15) is 67.8 Å². The molecule has 5 aromatic carbocycles. The summed E-state index contributed by atoms with van der Waals surface area (Å²) in [6, 6.07) is 8.27. The Morgan fingerprint density at radius 3 is 1.70 bits per heavy atom. The van der Waals surface area contributed by atoms with Crippen molar-refractivity contribution in [2.24, 2.45) is 35.8 Å². The van der Waals surface area contributed by atoms with Crippen molar-refractivity contribution in [3.8, 4) is 17.2 Å². The van der Waals surface area contributed by atoms with E-state index in [1.54, 1.807) is 13.8 Å². The number of aliphatic carboxylic acids is 1. The number of rotatable bonds is 18. The van der Waals surface area contributed by atoms with E-state index in [0.29, 0.717) is 22.2 Å². The number of nitrogens with zero attached hydrogens (tertiary/aromatic N) is 8. The Morgan fingerprint density at radius 1 is 0.643 bits per heavy atom. The number of aliphatic hydroxyl groups is 2. The van der Waals surface area contributed by atoms with E-state index in [1.807, 2.05) is 0 Å². The SMILES string of the molecule is Cc1cc(/N=N/c2cc(OCCO)c(/N=N/c3c(S(=O)(=O)O)cc4c(S(=O)(=O)O)c(/N=N/C5C(=O)N(c6ccc(S(=O)(=O)O)cc6)N=C5C(=O)O)ccc4c3O)cc2OCCO)c(S(=O)(=O)O)cc1C. The highest BCUT2D eigenvalue weighted by Gasteiger charge is 2.41. The van der Waals surface area contributed by atoms with Crippen LogP contribution in [0.1, 0.15) is 11.1 Å². The zero-order valence-electron chi connectivity index (χ0n) is 35.4. The van der Waals surface area contributed by atoms with Crippen LogP contribution in [-0.4, -0.2) is 122 Å². The van der Waals surface area contributed by atoms with Crippen molar-refractivity contribution in [1.29, 1.82) is 0 Å². The minimum atomic E-state index is -5.57. The number of hydrogen-bond donors (Lipinski definition) is 8. The first kappa shape index (κ1) is 52.1. The number of anilines is 1. The summed E-state index contributed by atoms with van der Waals surface area (Å²) in [7, 11) is -20.6. The number of benzene rings is 5. The summed E-state index contributed by atoms with van der Waals surface area (Å²) < 4.78 is 150. The second-order valence-electron chi connectivity index (χ2n) is 14.3. The number of azo groups is 3. The number of ether oxygens (including phenoxy) is 2. The average Bonchev–Trinajstić information content (AvgIpc) is 3.61. The molecular weight excluding hydrogens is 1020 g/mol. The van der Waals surface area contributed by atoms with Gasteiger partial charge in [-0.3, -0.25) is 23.0 Å². The van der Waals surface area contributed by atoms with Crippen LogP contribution in [0.25, 0.3) is 10.8 Å². The molecule has 1 aliphatic heterocycles. The molecule has 8 N–H and O–H groups in total. The third kappa shape index (κ3) is 11.3. The summed E-state index contributed by atoms with van der Waals surface area (Å²) in [5, 5.41) is 65.9. The standard InChI is InChI=1S/C38H34N8O20S4/c1-18-13-27(30(14-19(18)2)68(56,57)58)42-40-25-16-29(66-12-10-48)26(17-28(25)65-11-9-47)41-43-32-31(69(59,60)61)15-23-22(35(32)49)7-8-24(36(23)70(62,63)64)39-44-33-34(38(51)52)45-46(37(33)50)20-3-5-21(6-4-20)67(53,54)55/h3-8,13-17,33,47-49H,9-12H2,1-2H3,(H,51,52)(H,53,54,55)(H,56,57,58)(H,59,60,61)(H,62,63,64)/b42-40+,43-41+,44-39+. The van der Waals surface area contributed by atoms with Gasteiger partial charge in [0.05, 0.1) is 23.8 Å². The first-order valence-electron chi connectivity index (χ1n) is 19.1. The van der Waals surface area contributed by atoms with E-state index in [-0.39, 0.29) is 34.2 Å². The normalized spacial score (nSPS) is 14.9. The number of amides is 1. The van der Waals surface area contributed by atoms with Gasteiger partial charge < -0.3 is 29.9 Å². The van der Waals surface area contributed by atoms with Crippen LogP contribution in [0.5, 0.6) is 17.2 Å². The molecule has 0 spiro atoms. The van der Waals surface area contributed by atoms with E-state index in [9.17, 15) is 81.9 Å². The van der Waals surface area contributed by atoms with Gasteiger partial charge in [0.2, 0.25) is 6.04 Å². The summed E-state index contributed by atoms with van der Waals surface area (Å²) in [6.45, 7) is 1.23. The highest BCUT2D eigenvalue weighted by atomic mass is 32.2. The van der Waals surface area contributed by atoms with E-state index in [1.165, 1.54) is 6.07 Å². The Hall–Kier alpha value is -7.27. The fraction of sp³-hybridized carbons (Fsp3) is 0.184. The highest BCUT2D eigenvalue weighted by molar-refractivity contribution is 7.87. The molecule has 1 aliphatic rings. The highest BCUT2D eigenvalue weighted by Crippen LogP contribution is 2.47. The second-order valence-corrected chi connectivity index (χ2v) is 19.8. The van der Waals surface area contributed by atoms with Crippen molar-refractivity contribution in [2.45, 2.75) is 39.5 Å². The molecule has 0 aliphatic carbocycles. The van der Waals surface area contributed by atoms with Crippen molar-refractivity contribution >= 4 is 103 Å². The number of hydrogen-bond acceptors (Lipinski definition) is 22. The Bertz CT molecular complexity index is 3570. The molecule has 5 aromatic rings. The van der Waals surface area contributed by atoms with Crippen LogP contribution < -0.4 is 14.5 Å². The number of hydrazone groups is 1. The number of aromatic hydroxyl groups is 1. The lowest BCUT2D eigenvalue weighted by Crippen LogP contribution is -2.33. The van der Waals surface area contributed by atoms with Crippen LogP contribution >= 0.6 is 0 Å². The predicted octanol–water partition coefficient (Wildman–Crippen LogP) is 4.66.